The molecule has 0 bridgehead atoms. The zero-order valence-electron chi connectivity index (χ0n) is 8.17. The third-order valence-electron chi connectivity index (χ3n) is 2.22. The number of halogens is 1. The van der Waals surface area contributed by atoms with Crippen LogP contribution in [-0.4, -0.2) is 6.29 Å². The molecule has 1 aromatic carbocycles. The summed E-state index contributed by atoms with van der Waals surface area (Å²) in [6, 6.07) is 12.5. The summed E-state index contributed by atoms with van der Waals surface area (Å²) in [5, 5.41) is 1.61. The van der Waals surface area contributed by atoms with E-state index >= 15 is 0 Å². The van der Waals surface area contributed by atoms with Crippen molar-refractivity contribution in [1.29, 1.82) is 0 Å². The largest absolute Gasteiger partial charge is 0.140 e. The zero-order valence-corrected chi connectivity index (χ0v) is 11.5. The molecule has 1 unspecified atom stereocenters. The maximum absolute atomic E-state index is 2.69. The van der Waals surface area contributed by atoms with Crippen LogP contribution in [0.3, 0.4) is 0 Å². The monoisotopic (exact) mass is 304 g/mol. The van der Waals surface area contributed by atoms with E-state index in [1.807, 2.05) is 0 Å². The molecule has 0 spiro atoms. The molecule has 0 saturated heterocycles. The van der Waals surface area contributed by atoms with Crippen LogP contribution in [0.4, 0.5) is 0 Å². The van der Waals surface area contributed by atoms with Crippen LogP contribution in [0.1, 0.15) is 26.2 Å². The van der Waals surface area contributed by atoms with Gasteiger partial charge in [-0.15, -0.1) is 21.8 Å². The van der Waals surface area contributed by atoms with Gasteiger partial charge >= 0.3 is 0 Å². The Bertz CT molecular complexity index is 223. The maximum Gasteiger partial charge on any atom is 0.140 e. The van der Waals surface area contributed by atoms with Crippen molar-refractivity contribution in [3.63, 3.8) is 0 Å². The zero-order chi connectivity index (χ0) is 9.52. The van der Waals surface area contributed by atoms with Gasteiger partial charge in [-0.25, -0.2) is 0 Å². The maximum atomic E-state index is 2.69. The van der Waals surface area contributed by atoms with Crippen LogP contribution in [0.2, 0.25) is 6.04 Å². The van der Waals surface area contributed by atoms with Gasteiger partial charge in [-0.2, -0.15) is 0 Å². The molecule has 0 aliphatic heterocycles. The fraction of sp³-hybridized carbons (Fsp3) is 0.455. The molecule has 0 N–H and O–H groups in total. The number of rotatable bonds is 5. The van der Waals surface area contributed by atoms with Gasteiger partial charge in [0.05, 0.1) is 0 Å². The summed E-state index contributed by atoms with van der Waals surface area (Å²) in [5.41, 5.74) is 0. The minimum atomic E-state index is -0.622. The standard InChI is InChI=1S/C11H17ISi/c1-2-3-7-10-13(12)11-8-5-4-6-9-11/h4-6,8-9,13H,2-3,7,10H2,1H3. The van der Waals surface area contributed by atoms with Crippen LogP contribution < -0.4 is 5.19 Å². The number of hydrogen-bond donors (Lipinski definition) is 0. The van der Waals surface area contributed by atoms with Crippen molar-refractivity contribution in [2.75, 3.05) is 0 Å². The summed E-state index contributed by atoms with van der Waals surface area (Å²) in [6.07, 6.45) is 3.54. The molecular weight excluding hydrogens is 287 g/mol. The first-order valence-electron chi connectivity index (χ1n) is 5.03. The Kier molecular flexibility index (Phi) is 5.70. The molecule has 0 radical (unpaired) electrons. The highest BCUT2D eigenvalue weighted by atomic mass is 127. The number of benzene rings is 1. The lowest BCUT2D eigenvalue weighted by molar-refractivity contribution is 0.769. The third kappa shape index (κ3) is 4.27. The quantitative estimate of drug-likeness (QED) is 0.339. The van der Waals surface area contributed by atoms with Gasteiger partial charge in [0, 0.05) is 0 Å². The molecule has 2 heteroatoms. The minimum Gasteiger partial charge on any atom is -0.117 e. The first kappa shape index (κ1) is 11.2. The van der Waals surface area contributed by atoms with E-state index in [-0.39, 0.29) is 0 Å². The molecule has 0 saturated carbocycles. The van der Waals surface area contributed by atoms with Gasteiger partial charge in [-0.1, -0.05) is 61.7 Å². The number of hydrogen-bond acceptors (Lipinski definition) is 0. The highest BCUT2D eigenvalue weighted by Crippen LogP contribution is 2.09. The van der Waals surface area contributed by atoms with Gasteiger partial charge in [0.2, 0.25) is 0 Å². The summed E-state index contributed by atoms with van der Waals surface area (Å²) in [6.45, 7) is 2.27. The second kappa shape index (κ2) is 6.60. The van der Waals surface area contributed by atoms with E-state index in [1.54, 1.807) is 5.19 Å². The Labute approximate surface area is 95.6 Å². The molecule has 0 amide bonds. The second-order valence-corrected chi connectivity index (χ2v) is 10.1. The van der Waals surface area contributed by atoms with Crippen LogP contribution in [0.15, 0.2) is 30.3 Å². The third-order valence-corrected chi connectivity index (χ3v) is 8.27. The van der Waals surface area contributed by atoms with Crippen LogP contribution in [0.5, 0.6) is 0 Å². The van der Waals surface area contributed by atoms with Gasteiger partial charge in [0.25, 0.3) is 0 Å². The van der Waals surface area contributed by atoms with Crippen molar-refractivity contribution < 1.29 is 0 Å². The topological polar surface area (TPSA) is 0 Å². The SMILES string of the molecule is CCCCC[SiH](I)c1ccccc1. The molecule has 0 heterocycles. The van der Waals surface area contributed by atoms with Gasteiger partial charge in [-0.05, 0) is 6.04 Å². The fourth-order valence-electron chi connectivity index (χ4n) is 1.40. The van der Waals surface area contributed by atoms with Gasteiger partial charge < -0.3 is 0 Å². The molecule has 13 heavy (non-hydrogen) atoms. The predicted molar refractivity (Wildman–Crippen MR) is 71.6 cm³/mol. The number of unbranched alkanes of at least 4 members (excludes halogenated alkanes) is 2. The first-order chi connectivity index (χ1) is 6.34. The molecule has 72 valence electrons. The van der Waals surface area contributed by atoms with E-state index in [0.717, 1.165) is 0 Å². The highest BCUT2D eigenvalue weighted by molar-refractivity contribution is 14.1. The van der Waals surface area contributed by atoms with Crippen LogP contribution in [0, 0.1) is 0 Å². The normalized spacial score (nSPS) is 12.8. The summed E-state index contributed by atoms with van der Waals surface area (Å²) < 4.78 is 0. The molecular formula is C11H17ISi. The Morgan fingerprint density at radius 2 is 1.85 bits per heavy atom. The Hall–Kier alpha value is 0.167. The molecule has 0 aliphatic carbocycles. The van der Waals surface area contributed by atoms with E-state index in [1.165, 1.54) is 25.3 Å². The lowest BCUT2D eigenvalue weighted by atomic mass is 10.3. The van der Waals surface area contributed by atoms with E-state index < -0.39 is 6.29 Å². The van der Waals surface area contributed by atoms with E-state index in [9.17, 15) is 0 Å². The van der Waals surface area contributed by atoms with Crippen molar-refractivity contribution in [3.05, 3.63) is 30.3 Å². The smallest absolute Gasteiger partial charge is 0.117 e. The molecule has 1 atom stereocenters. The molecule has 0 nitrogen and oxygen atoms in total. The Balaban J connectivity index is 2.35. The summed E-state index contributed by atoms with van der Waals surface area (Å²) in [7, 11) is 0. The van der Waals surface area contributed by atoms with Crippen molar-refractivity contribution in [2.45, 2.75) is 32.2 Å². The first-order valence-corrected chi connectivity index (χ1v) is 10.6. The average Bonchev–Trinajstić information content (AvgIpc) is 2.19. The van der Waals surface area contributed by atoms with E-state index in [4.69, 9.17) is 0 Å². The lowest BCUT2D eigenvalue weighted by Crippen LogP contribution is -2.22. The summed E-state index contributed by atoms with van der Waals surface area (Å²) >= 11 is 2.69. The molecule has 0 aromatic heterocycles. The predicted octanol–water partition coefficient (Wildman–Crippen LogP) is 3.24. The van der Waals surface area contributed by atoms with Gasteiger partial charge in [0.1, 0.15) is 6.29 Å². The molecule has 0 aliphatic rings. The Morgan fingerprint density at radius 1 is 1.15 bits per heavy atom. The lowest BCUT2D eigenvalue weighted by Gasteiger charge is -2.07. The van der Waals surface area contributed by atoms with Crippen LogP contribution in [0.25, 0.3) is 0 Å². The summed E-state index contributed by atoms with van der Waals surface area (Å²) in [5.74, 6) is 0. The van der Waals surface area contributed by atoms with Crippen LogP contribution in [-0.2, 0) is 0 Å². The molecule has 0 fully saturated rings. The van der Waals surface area contributed by atoms with Gasteiger partial charge in [0.15, 0.2) is 0 Å². The molecule has 1 rings (SSSR count). The van der Waals surface area contributed by atoms with E-state index in [2.05, 4.69) is 59.1 Å². The van der Waals surface area contributed by atoms with Crippen molar-refractivity contribution in [1.82, 2.24) is 0 Å². The van der Waals surface area contributed by atoms with E-state index in [0.29, 0.717) is 0 Å². The fourth-order valence-corrected chi connectivity index (χ4v) is 5.59. The van der Waals surface area contributed by atoms with Crippen LogP contribution >= 0.6 is 21.8 Å². The average molecular weight is 304 g/mol. The molecule has 1 aromatic rings. The summed E-state index contributed by atoms with van der Waals surface area (Å²) in [4.78, 5) is 0. The van der Waals surface area contributed by atoms with Gasteiger partial charge in [-0.3, -0.25) is 0 Å². The van der Waals surface area contributed by atoms with Crippen molar-refractivity contribution in [2.24, 2.45) is 0 Å². The van der Waals surface area contributed by atoms with Crippen molar-refractivity contribution >= 4 is 33.3 Å². The Morgan fingerprint density at radius 3 is 2.46 bits per heavy atom. The highest BCUT2D eigenvalue weighted by Gasteiger charge is 2.07. The second-order valence-electron chi connectivity index (χ2n) is 3.37. The van der Waals surface area contributed by atoms with Crippen molar-refractivity contribution in [3.8, 4) is 0 Å². The minimum absolute atomic E-state index is 0.622.